The van der Waals surface area contributed by atoms with Gasteiger partial charge >= 0.3 is 0 Å². The zero-order valence-corrected chi connectivity index (χ0v) is 14.8. The van der Waals surface area contributed by atoms with Crippen LogP contribution in [0.4, 0.5) is 0 Å². The van der Waals surface area contributed by atoms with Gasteiger partial charge < -0.3 is 9.74 Å². The lowest BCUT2D eigenvalue weighted by molar-refractivity contribution is -0.133. The third kappa shape index (κ3) is 5.24. The van der Waals surface area contributed by atoms with Crippen LogP contribution in [0.25, 0.3) is 0 Å². The third-order valence-corrected chi connectivity index (χ3v) is 4.02. The van der Waals surface area contributed by atoms with Crippen LogP contribution in [0.1, 0.15) is 45.6 Å². The molecule has 126 valence electrons. The van der Waals surface area contributed by atoms with Gasteiger partial charge in [0.25, 0.3) is 0 Å². The van der Waals surface area contributed by atoms with Gasteiger partial charge in [-0.15, -0.1) is 0 Å². The van der Waals surface area contributed by atoms with E-state index in [2.05, 4.69) is 25.9 Å². The number of oxime groups is 1. The highest BCUT2D eigenvalue weighted by Crippen LogP contribution is 2.20. The molecule has 4 nitrogen and oxygen atoms in total. The molecule has 1 aliphatic heterocycles. The average Bonchev–Trinajstić information content (AvgIpc) is 2.95. The van der Waals surface area contributed by atoms with E-state index in [4.69, 9.17) is 16.4 Å². The summed E-state index contributed by atoms with van der Waals surface area (Å²) in [5.41, 5.74) is 1.94. The number of benzene rings is 1. The molecule has 1 atom stereocenters. The SMILES string of the molecule is CCCN(C[C@@H]1CC(c2ccc(Cl)cc2)=NO1)C(=O)CC(C)C. The van der Waals surface area contributed by atoms with Crippen LogP contribution in [-0.2, 0) is 9.63 Å². The highest BCUT2D eigenvalue weighted by Gasteiger charge is 2.26. The summed E-state index contributed by atoms with van der Waals surface area (Å²) in [7, 11) is 0. The molecule has 0 unspecified atom stereocenters. The van der Waals surface area contributed by atoms with E-state index < -0.39 is 0 Å². The first-order valence-corrected chi connectivity index (χ1v) is 8.63. The van der Waals surface area contributed by atoms with Crippen molar-refractivity contribution >= 4 is 23.2 Å². The molecule has 0 aromatic heterocycles. The number of halogens is 1. The van der Waals surface area contributed by atoms with Gasteiger partial charge in [0, 0.05) is 24.4 Å². The van der Waals surface area contributed by atoms with Gasteiger partial charge in [0.05, 0.1) is 12.3 Å². The summed E-state index contributed by atoms with van der Waals surface area (Å²) in [6.07, 6.45) is 2.18. The summed E-state index contributed by atoms with van der Waals surface area (Å²) in [6, 6.07) is 7.59. The van der Waals surface area contributed by atoms with Crippen molar-refractivity contribution < 1.29 is 9.63 Å². The Bertz CT molecular complexity index is 555. The van der Waals surface area contributed by atoms with Crippen molar-refractivity contribution in [3.63, 3.8) is 0 Å². The molecular weight excluding hydrogens is 312 g/mol. The normalized spacial score (nSPS) is 17.1. The van der Waals surface area contributed by atoms with E-state index in [1.54, 1.807) is 0 Å². The minimum absolute atomic E-state index is 0.0664. The second-order valence-corrected chi connectivity index (χ2v) is 6.85. The molecule has 2 rings (SSSR count). The summed E-state index contributed by atoms with van der Waals surface area (Å²) < 4.78 is 0. The lowest BCUT2D eigenvalue weighted by atomic mass is 10.0. The minimum atomic E-state index is -0.0664. The first kappa shape index (κ1) is 17.8. The molecule has 1 aliphatic rings. The molecule has 1 aromatic carbocycles. The Kier molecular flexibility index (Phi) is 6.46. The summed E-state index contributed by atoms with van der Waals surface area (Å²) in [5.74, 6) is 0.567. The van der Waals surface area contributed by atoms with E-state index >= 15 is 0 Å². The highest BCUT2D eigenvalue weighted by molar-refractivity contribution is 6.30. The maximum absolute atomic E-state index is 12.3. The topological polar surface area (TPSA) is 41.9 Å². The van der Waals surface area contributed by atoms with Gasteiger partial charge in [-0.2, -0.15) is 0 Å². The zero-order valence-electron chi connectivity index (χ0n) is 14.1. The number of rotatable bonds is 7. The Morgan fingerprint density at radius 1 is 1.39 bits per heavy atom. The van der Waals surface area contributed by atoms with Crippen LogP contribution in [0.3, 0.4) is 0 Å². The van der Waals surface area contributed by atoms with Crippen molar-refractivity contribution in [1.29, 1.82) is 0 Å². The number of carbonyl (C=O) groups is 1. The van der Waals surface area contributed by atoms with E-state index in [1.165, 1.54) is 0 Å². The van der Waals surface area contributed by atoms with Crippen molar-refractivity contribution in [2.24, 2.45) is 11.1 Å². The number of hydrogen-bond donors (Lipinski definition) is 0. The van der Waals surface area contributed by atoms with Crippen LogP contribution in [0.5, 0.6) is 0 Å². The summed E-state index contributed by atoms with van der Waals surface area (Å²) in [5, 5.41) is 4.89. The molecule has 0 saturated heterocycles. The summed E-state index contributed by atoms with van der Waals surface area (Å²) in [4.78, 5) is 19.8. The van der Waals surface area contributed by atoms with E-state index in [-0.39, 0.29) is 12.0 Å². The van der Waals surface area contributed by atoms with Crippen molar-refractivity contribution in [2.45, 2.75) is 46.1 Å². The predicted molar refractivity (Wildman–Crippen MR) is 93.8 cm³/mol. The first-order chi connectivity index (χ1) is 11.0. The van der Waals surface area contributed by atoms with Gasteiger partial charge in [-0.3, -0.25) is 4.79 Å². The average molecular weight is 337 g/mol. The van der Waals surface area contributed by atoms with Gasteiger partial charge in [-0.25, -0.2) is 0 Å². The van der Waals surface area contributed by atoms with E-state index in [9.17, 15) is 4.79 Å². The Morgan fingerprint density at radius 3 is 2.70 bits per heavy atom. The molecule has 23 heavy (non-hydrogen) atoms. The summed E-state index contributed by atoms with van der Waals surface area (Å²) >= 11 is 5.91. The van der Waals surface area contributed by atoms with E-state index in [0.29, 0.717) is 23.9 Å². The fourth-order valence-electron chi connectivity index (χ4n) is 2.65. The standard InChI is InChI=1S/C18H25ClN2O2/c1-4-9-21(18(22)10-13(2)3)12-16-11-17(20-23-16)14-5-7-15(19)8-6-14/h5-8,13,16H,4,9-12H2,1-3H3/t16-/m0/s1. The van der Waals surface area contributed by atoms with Crippen LogP contribution in [0, 0.1) is 5.92 Å². The lowest BCUT2D eigenvalue weighted by Gasteiger charge is -2.25. The molecule has 0 saturated carbocycles. The van der Waals surface area contributed by atoms with Crippen molar-refractivity contribution in [3.8, 4) is 0 Å². The Hall–Kier alpha value is -1.55. The fourth-order valence-corrected chi connectivity index (χ4v) is 2.78. The second kappa shape index (κ2) is 8.34. The monoisotopic (exact) mass is 336 g/mol. The van der Waals surface area contributed by atoms with Crippen LogP contribution < -0.4 is 0 Å². The lowest BCUT2D eigenvalue weighted by Crippen LogP contribution is -2.38. The van der Waals surface area contributed by atoms with Crippen molar-refractivity contribution in [2.75, 3.05) is 13.1 Å². The molecule has 0 fully saturated rings. The molecule has 0 N–H and O–H groups in total. The predicted octanol–water partition coefficient (Wildman–Crippen LogP) is 4.12. The maximum atomic E-state index is 12.3. The molecule has 1 amide bonds. The largest absolute Gasteiger partial charge is 0.390 e. The smallest absolute Gasteiger partial charge is 0.222 e. The minimum Gasteiger partial charge on any atom is -0.390 e. The molecule has 0 aliphatic carbocycles. The van der Waals surface area contributed by atoms with Gasteiger partial charge in [0.1, 0.15) is 0 Å². The third-order valence-electron chi connectivity index (χ3n) is 3.76. The van der Waals surface area contributed by atoms with Crippen molar-refractivity contribution in [1.82, 2.24) is 4.90 Å². The van der Waals surface area contributed by atoms with Crippen LogP contribution >= 0.6 is 11.6 Å². The van der Waals surface area contributed by atoms with Gasteiger partial charge in [-0.1, -0.05) is 49.7 Å². The second-order valence-electron chi connectivity index (χ2n) is 6.41. The van der Waals surface area contributed by atoms with Crippen LogP contribution in [0.2, 0.25) is 5.02 Å². The molecular formula is C18H25ClN2O2. The van der Waals surface area contributed by atoms with Crippen LogP contribution in [-0.4, -0.2) is 35.7 Å². The maximum Gasteiger partial charge on any atom is 0.222 e. The number of amides is 1. The van der Waals surface area contributed by atoms with E-state index in [1.807, 2.05) is 29.2 Å². The zero-order chi connectivity index (χ0) is 16.8. The quantitative estimate of drug-likeness (QED) is 0.751. The molecule has 0 spiro atoms. The van der Waals surface area contributed by atoms with Gasteiger partial charge in [0.2, 0.25) is 5.91 Å². The molecule has 0 bridgehead atoms. The van der Waals surface area contributed by atoms with E-state index in [0.717, 1.165) is 30.7 Å². The fraction of sp³-hybridized carbons (Fsp3) is 0.556. The van der Waals surface area contributed by atoms with Crippen LogP contribution in [0.15, 0.2) is 29.4 Å². The Labute approximate surface area is 143 Å². The highest BCUT2D eigenvalue weighted by atomic mass is 35.5. The number of hydrogen-bond acceptors (Lipinski definition) is 3. The number of carbonyl (C=O) groups excluding carboxylic acids is 1. The van der Waals surface area contributed by atoms with Gasteiger partial charge in [-0.05, 0) is 30.0 Å². The molecule has 5 heteroatoms. The molecule has 1 aromatic rings. The molecule has 0 radical (unpaired) electrons. The Morgan fingerprint density at radius 2 is 2.09 bits per heavy atom. The Balaban J connectivity index is 1.93. The summed E-state index contributed by atoms with van der Waals surface area (Å²) in [6.45, 7) is 7.58. The van der Waals surface area contributed by atoms with Gasteiger partial charge in [0.15, 0.2) is 6.10 Å². The number of nitrogens with zero attached hydrogens (tertiary/aromatic N) is 2. The molecule has 1 heterocycles. The van der Waals surface area contributed by atoms with Crippen molar-refractivity contribution in [3.05, 3.63) is 34.9 Å². The first-order valence-electron chi connectivity index (χ1n) is 8.26.